The lowest BCUT2D eigenvalue weighted by Crippen LogP contribution is -2.30. The van der Waals surface area contributed by atoms with Gasteiger partial charge in [0, 0.05) is 35.8 Å². The third-order valence-corrected chi connectivity index (χ3v) is 3.94. The van der Waals surface area contributed by atoms with E-state index in [4.69, 9.17) is 10.5 Å². The maximum atomic E-state index is 12.3. The number of para-hydroxylation sites is 1. The summed E-state index contributed by atoms with van der Waals surface area (Å²) in [6.45, 7) is -0.287. The summed E-state index contributed by atoms with van der Waals surface area (Å²) < 4.78 is 1.73. The Hall–Kier alpha value is -4.23. The van der Waals surface area contributed by atoms with Gasteiger partial charge in [0.1, 0.15) is 18.8 Å². The van der Waals surface area contributed by atoms with Crippen molar-refractivity contribution in [2.75, 3.05) is 13.1 Å². The Bertz CT molecular complexity index is 1040. The van der Waals surface area contributed by atoms with Crippen LogP contribution in [-0.2, 0) is 4.79 Å². The Labute approximate surface area is 162 Å². The highest BCUT2D eigenvalue weighted by atomic mass is 16.2. The number of benzene rings is 1. The summed E-state index contributed by atoms with van der Waals surface area (Å²) in [5, 5.41) is 22.3. The predicted octanol–water partition coefficient (Wildman–Crippen LogP) is 2.82. The van der Waals surface area contributed by atoms with Gasteiger partial charge in [-0.05, 0) is 30.3 Å². The molecule has 0 saturated heterocycles. The number of aromatic nitrogens is 3. The van der Waals surface area contributed by atoms with E-state index in [1.54, 1.807) is 23.2 Å². The molecule has 0 fully saturated rings. The van der Waals surface area contributed by atoms with Crippen LogP contribution in [0.4, 0.5) is 0 Å². The van der Waals surface area contributed by atoms with Gasteiger partial charge in [-0.25, -0.2) is 4.68 Å². The van der Waals surface area contributed by atoms with Crippen LogP contribution in [0, 0.1) is 22.7 Å². The molecule has 7 nitrogen and oxygen atoms in total. The van der Waals surface area contributed by atoms with Crippen LogP contribution < -0.4 is 0 Å². The molecule has 0 aliphatic heterocycles. The topological polar surface area (TPSA) is 98.6 Å². The van der Waals surface area contributed by atoms with Gasteiger partial charge < -0.3 is 4.90 Å². The lowest BCUT2D eigenvalue weighted by molar-refractivity contribution is -0.124. The van der Waals surface area contributed by atoms with E-state index in [0.717, 1.165) is 16.8 Å². The first-order valence-corrected chi connectivity index (χ1v) is 8.49. The fourth-order valence-electron chi connectivity index (χ4n) is 2.60. The Balaban J connectivity index is 1.97. The Morgan fingerprint density at radius 2 is 1.86 bits per heavy atom. The van der Waals surface area contributed by atoms with Crippen molar-refractivity contribution in [3.63, 3.8) is 0 Å². The molecule has 2 heterocycles. The largest absolute Gasteiger partial charge is 0.313 e. The maximum Gasteiger partial charge on any atom is 0.248 e. The van der Waals surface area contributed by atoms with Crippen LogP contribution in [0.2, 0.25) is 0 Å². The molecule has 1 amide bonds. The predicted molar refractivity (Wildman–Crippen MR) is 104 cm³/mol. The van der Waals surface area contributed by atoms with Crippen molar-refractivity contribution in [3.8, 4) is 29.1 Å². The molecule has 0 N–H and O–H groups in total. The molecule has 136 valence electrons. The molecule has 0 aliphatic rings. The first-order chi connectivity index (χ1) is 13.7. The zero-order valence-corrected chi connectivity index (χ0v) is 14.9. The van der Waals surface area contributed by atoms with Crippen molar-refractivity contribution in [3.05, 3.63) is 72.7 Å². The number of pyridine rings is 1. The molecule has 7 heteroatoms. The van der Waals surface area contributed by atoms with Crippen molar-refractivity contribution < 1.29 is 4.79 Å². The Morgan fingerprint density at radius 1 is 1.11 bits per heavy atom. The van der Waals surface area contributed by atoms with Gasteiger partial charge in [0.25, 0.3) is 0 Å². The summed E-state index contributed by atoms with van der Waals surface area (Å²) in [6.07, 6.45) is 8.19. The van der Waals surface area contributed by atoms with Gasteiger partial charge in [0.2, 0.25) is 5.91 Å². The van der Waals surface area contributed by atoms with Gasteiger partial charge in [-0.15, -0.1) is 0 Å². The van der Waals surface area contributed by atoms with E-state index in [0.29, 0.717) is 5.69 Å². The minimum Gasteiger partial charge on any atom is -0.313 e. The highest BCUT2D eigenvalue weighted by Gasteiger charge is 2.13. The fraction of sp³-hybridized carbons (Fsp3) is 0.0952. The van der Waals surface area contributed by atoms with E-state index >= 15 is 0 Å². The molecular formula is C21H16N6O. The van der Waals surface area contributed by atoms with Crippen LogP contribution in [-0.4, -0.2) is 38.7 Å². The number of hydrogen-bond donors (Lipinski definition) is 0. The Morgan fingerprint density at radius 3 is 2.50 bits per heavy atom. The fourth-order valence-corrected chi connectivity index (χ4v) is 2.60. The summed E-state index contributed by atoms with van der Waals surface area (Å²) >= 11 is 0. The molecule has 0 spiro atoms. The van der Waals surface area contributed by atoms with Crippen molar-refractivity contribution in [1.29, 1.82) is 10.5 Å². The monoisotopic (exact) mass is 368 g/mol. The molecule has 0 unspecified atom stereocenters. The summed E-state index contributed by atoms with van der Waals surface area (Å²) in [6, 6.07) is 17.1. The number of rotatable bonds is 6. The lowest BCUT2D eigenvalue weighted by Gasteiger charge is -2.12. The van der Waals surface area contributed by atoms with Gasteiger partial charge in [-0.2, -0.15) is 15.6 Å². The number of nitrogens with zero attached hydrogens (tertiary/aromatic N) is 6. The van der Waals surface area contributed by atoms with Crippen LogP contribution in [0.15, 0.2) is 67.1 Å². The van der Waals surface area contributed by atoms with Gasteiger partial charge in [-0.1, -0.05) is 18.2 Å². The second-order valence-corrected chi connectivity index (χ2v) is 5.80. The quantitative estimate of drug-likeness (QED) is 0.492. The molecule has 0 atom stereocenters. The van der Waals surface area contributed by atoms with E-state index in [-0.39, 0.29) is 13.1 Å². The summed E-state index contributed by atoms with van der Waals surface area (Å²) in [5.74, 6) is -0.410. The van der Waals surface area contributed by atoms with Crippen molar-refractivity contribution in [1.82, 2.24) is 19.7 Å². The first kappa shape index (κ1) is 18.6. The molecule has 28 heavy (non-hydrogen) atoms. The van der Waals surface area contributed by atoms with E-state index in [2.05, 4.69) is 10.1 Å². The van der Waals surface area contributed by atoms with Gasteiger partial charge in [-0.3, -0.25) is 9.78 Å². The molecular weight excluding hydrogens is 352 g/mol. The number of hydrogen-bond acceptors (Lipinski definition) is 5. The third kappa shape index (κ3) is 4.29. The summed E-state index contributed by atoms with van der Waals surface area (Å²) in [5.41, 5.74) is 3.09. The Kier molecular flexibility index (Phi) is 5.92. The van der Waals surface area contributed by atoms with E-state index in [1.165, 1.54) is 11.0 Å². The lowest BCUT2D eigenvalue weighted by atomic mass is 10.1. The van der Waals surface area contributed by atoms with Crippen LogP contribution in [0.5, 0.6) is 0 Å². The van der Waals surface area contributed by atoms with Crippen LogP contribution in [0.3, 0.4) is 0 Å². The molecule has 0 saturated carbocycles. The molecule has 0 aliphatic carbocycles. The second-order valence-electron chi connectivity index (χ2n) is 5.80. The average Bonchev–Trinajstić information content (AvgIpc) is 3.17. The SMILES string of the molecule is N#CCN(CC#N)C(=O)C=Cc1cn(-c2ccccc2)nc1-c1cccnc1. The highest BCUT2D eigenvalue weighted by molar-refractivity contribution is 5.93. The molecule has 3 rings (SSSR count). The van der Waals surface area contributed by atoms with Crippen molar-refractivity contribution in [2.24, 2.45) is 0 Å². The number of carbonyl (C=O) groups is 1. The zero-order valence-electron chi connectivity index (χ0n) is 14.9. The summed E-state index contributed by atoms with van der Waals surface area (Å²) in [4.78, 5) is 17.6. The van der Waals surface area contributed by atoms with Gasteiger partial charge >= 0.3 is 0 Å². The third-order valence-electron chi connectivity index (χ3n) is 3.94. The molecule has 1 aromatic carbocycles. The van der Waals surface area contributed by atoms with E-state index < -0.39 is 5.91 Å². The van der Waals surface area contributed by atoms with Crippen LogP contribution in [0.25, 0.3) is 23.0 Å². The number of carbonyl (C=O) groups excluding carboxylic acids is 1. The van der Waals surface area contributed by atoms with Crippen molar-refractivity contribution in [2.45, 2.75) is 0 Å². The second kappa shape index (κ2) is 8.93. The molecule has 3 aromatic rings. The zero-order chi connectivity index (χ0) is 19.8. The van der Waals surface area contributed by atoms with Crippen molar-refractivity contribution >= 4 is 12.0 Å². The smallest absolute Gasteiger partial charge is 0.248 e. The van der Waals surface area contributed by atoms with Crippen LogP contribution >= 0.6 is 0 Å². The number of nitriles is 2. The highest BCUT2D eigenvalue weighted by Crippen LogP contribution is 2.24. The molecule has 2 aromatic heterocycles. The maximum absolute atomic E-state index is 12.3. The average molecular weight is 368 g/mol. The standard InChI is InChI=1S/C21H16N6O/c22-10-13-26(14-11-23)20(28)9-8-18-16-27(19-6-2-1-3-7-19)25-21(18)17-5-4-12-24-15-17/h1-9,12,15-16H,13-14H2. The van der Waals surface area contributed by atoms with Crippen LogP contribution in [0.1, 0.15) is 5.56 Å². The minimum atomic E-state index is -0.410. The van der Waals surface area contributed by atoms with E-state index in [9.17, 15) is 4.79 Å². The molecule has 0 radical (unpaired) electrons. The first-order valence-electron chi connectivity index (χ1n) is 8.49. The minimum absolute atomic E-state index is 0.143. The van der Waals surface area contributed by atoms with Gasteiger partial charge in [0.15, 0.2) is 0 Å². The molecule has 0 bridgehead atoms. The van der Waals surface area contributed by atoms with E-state index in [1.807, 2.05) is 60.8 Å². The van der Waals surface area contributed by atoms with Gasteiger partial charge in [0.05, 0.1) is 17.8 Å². The normalized spacial score (nSPS) is 10.4. The number of amides is 1. The summed E-state index contributed by atoms with van der Waals surface area (Å²) in [7, 11) is 0.